The monoisotopic (exact) mass is 278 g/mol. The number of benzene rings is 1. The molecule has 2 N–H and O–H groups in total. The van der Waals surface area contributed by atoms with Gasteiger partial charge in [-0.3, -0.25) is 0 Å². The summed E-state index contributed by atoms with van der Waals surface area (Å²) < 4.78 is 15.8. The van der Waals surface area contributed by atoms with Gasteiger partial charge >= 0.3 is 72.4 Å². The van der Waals surface area contributed by atoms with E-state index >= 15 is 0 Å². The summed E-state index contributed by atoms with van der Waals surface area (Å²) in [6.07, 6.45) is 0. The Morgan fingerprint density at radius 3 is 2.00 bits per heavy atom. The van der Waals surface area contributed by atoms with Crippen molar-refractivity contribution in [2.45, 2.75) is 13.8 Å². The van der Waals surface area contributed by atoms with Gasteiger partial charge in [-0.15, -0.1) is 0 Å². The first-order valence-corrected chi connectivity index (χ1v) is 5.74. The quantitative estimate of drug-likeness (QED) is 0.642. The van der Waals surface area contributed by atoms with Gasteiger partial charge in [0.2, 0.25) is 0 Å². The Hall–Kier alpha value is 0.680. The SMILES string of the molecule is Cc1cccc(C)c1OP(=O)(O)C(=O)O.[NaH].[NaH]. The van der Waals surface area contributed by atoms with Crippen LogP contribution in [-0.2, 0) is 4.57 Å². The number of hydrogen-bond acceptors (Lipinski definition) is 3. The molecule has 0 aliphatic heterocycles. The van der Waals surface area contributed by atoms with Crippen molar-refractivity contribution in [3.8, 4) is 5.75 Å². The molecule has 0 aliphatic rings. The molecule has 0 fully saturated rings. The van der Waals surface area contributed by atoms with Crippen molar-refractivity contribution in [2.24, 2.45) is 0 Å². The van der Waals surface area contributed by atoms with Gasteiger partial charge in [-0.1, -0.05) is 18.2 Å². The van der Waals surface area contributed by atoms with Gasteiger partial charge in [0.1, 0.15) is 5.75 Å². The van der Waals surface area contributed by atoms with Gasteiger partial charge < -0.3 is 14.5 Å². The predicted molar refractivity (Wildman–Crippen MR) is 68.7 cm³/mol. The predicted octanol–water partition coefficient (Wildman–Crippen LogP) is 1.25. The minimum absolute atomic E-state index is 0. The van der Waals surface area contributed by atoms with E-state index in [2.05, 4.69) is 4.52 Å². The van der Waals surface area contributed by atoms with Gasteiger partial charge in [-0.2, -0.15) is 0 Å². The summed E-state index contributed by atoms with van der Waals surface area (Å²) in [4.78, 5) is 19.4. The van der Waals surface area contributed by atoms with E-state index in [1.54, 1.807) is 32.0 Å². The Balaban J connectivity index is 0. The number of carboxylic acid groups (broad SMARTS) is 1. The molecule has 1 aromatic rings. The van der Waals surface area contributed by atoms with Gasteiger partial charge in [-0.25, -0.2) is 9.36 Å². The van der Waals surface area contributed by atoms with Crippen molar-refractivity contribution in [3.05, 3.63) is 29.3 Å². The van der Waals surface area contributed by atoms with Crippen LogP contribution in [0.25, 0.3) is 0 Å². The van der Waals surface area contributed by atoms with Crippen LogP contribution in [0.5, 0.6) is 5.75 Å². The van der Waals surface area contributed by atoms with Crippen molar-refractivity contribution < 1.29 is 23.9 Å². The molecule has 1 atom stereocenters. The summed E-state index contributed by atoms with van der Waals surface area (Å²) >= 11 is 0. The van der Waals surface area contributed by atoms with Gasteiger partial charge in [0.15, 0.2) is 0 Å². The minimum atomic E-state index is -4.62. The molecule has 8 heteroatoms. The third-order valence-electron chi connectivity index (χ3n) is 1.87. The summed E-state index contributed by atoms with van der Waals surface area (Å²) in [5.74, 6) is 0.144. The van der Waals surface area contributed by atoms with Crippen LogP contribution in [0.1, 0.15) is 11.1 Å². The zero-order valence-corrected chi connectivity index (χ0v) is 9.19. The molecule has 0 saturated heterocycles. The molecule has 0 aromatic heterocycles. The normalized spacial score (nSPS) is 12.6. The average molecular weight is 278 g/mol. The van der Waals surface area contributed by atoms with Crippen molar-refractivity contribution in [1.29, 1.82) is 0 Å². The van der Waals surface area contributed by atoms with E-state index in [1.165, 1.54) is 0 Å². The van der Waals surface area contributed by atoms with Crippen LogP contribution in [0, 0.1) is 13.8 Å². The topological polar surface area (TPSA) is 83.8 Å². The Kier molecular flexibility index (Phi) is 9.38. The molecule has 0 bridgehead atoms. The fourth-order valence-corrected chi connectivity index (χ4v) is 1.72. The summed E-state index contributed by atoms with van der Waals surface area (Å²) in [5, 5.41) is 8.45. The average Bonchev–Trinajstić information content (AvgIpc) is 2.11. The second-order valence-corrected chi connectivity index (χ2v) is 4.72. The molecule has 17 heavy (non-hydrogen) atoms. The van der Waals surface area contributed by atoms with E-state index in [0.29, 0.717) is 11.1 Å². The second kappa shape index (κ2) is 7.97. The fourth-order valence-electron chi connectivity index (χ4n) is 1.11. The summed E-state index contributed by atoms with van der Waals surface area (Å²) in [5.41, 5.74) is -0.624. The number of hydrogen-bond donors (Lipinski definition) is 2. The van der Waals surface area contributed by atoms with Crippen LogP contribution in [0.4, 0.5) is 4.79 Å². The molecule has 1 aromatic carbocycles. The van der Waals surface area contributed by atoms with Crippen LogP contribution < -0.4 is 4.52 Å². The van der Waals surface area contributed by atoms with Gasteiger partial charge in [0.05, 0.1) is 0 Å². The summed E-state index contributed by atoms with van der Waals surface area (Å²) in [6, 6.07) is 5.09. The van der Waals surface area contributed by atoms with Crippen molar-refractivity contribution in [1.82, 2.24) is 0 Å². The van der Waals surface area contributed by atoms with Crippen LogP contribution >= 0.6 is 7.60 Å². The summed E-state index contributed by atoms with van der Waals surface area (Å²) in [6.45, 7) is 3.34. The van der Waals surface area contributed by atoms with Crippen LogP contribution in [0.15, 0.2) is 18.2 Å². The Morgan fingerprint density at radius 1 is 1.24 bits per heavy atom. The third-order valence-corrected chi connectivity index (χ3v) is 2.78. The maximum atomic E-state index is 11.1. The molecule has 5 nitrogen and oxygen atoms in total. The molecular weight excluding hydrogens is 265 g/mol. The maximum absolute atomic E-state index is 11.1. The van der Waals surface area contributed by atoms with E-state index in [9.17, 15) is 9.36 Å². The molecule has 0 spiro atoms. The summed E-state index contributed by atoms with van der Waals surface area (Å²) in [7, 11) is -4.62. The molecule has 1 unspecified atom stereocenters. The molecule has 0 saturated carbocycles. The zero-order valence-electron chi connectivity index (χ0n) is 8.30. The molecule has 0 aliphatic carbocycles. The van der Waals surface area contributed by atoms with Crippen LogP contribution in [0.3, 0.4) is 0 Å². The van der Waals surface area contributed by atoms with E-state index in [1.807, 2.05) is 0 Å². The molecule has 86 valence electrons. The first kappa shape index (κ1) is 20.0. The van der Waals surface area contributed by atoms with Crippen molar-refractivity contribution >= 4 is 72.4 Å². The Morgan fingerprint density at radius 2 is 1.65 bits per heavy atom. The van der Waals surface area contributed by atoms with E-state index in [4.69, 9.17) is 10.00 Å². The number of carbonyl (C=O) groups is 1. The van der Waals surface area contributed by atoms with E-state index < -0.39 is 13.3 Å². The Labute approximate surface area is 144 Å². The first-order valence-electron chi connectivity index (χ1n) is 4.16. The van der Waals surface area contributed by atoms with Crippen LogP contribution in [0.2, 0.25) is 0 Å². The fraction of sp³-hybridized carbons (Fsp3) is 0.222. The second-order valence-electron chi connectivity index (χ2n) is 3.12. The number of rotatable bonds is 3. The van der Waals surface area contributed by atoms with Gasteiger partial charge in [0, 0.05) is 0 Å². The van der Waals surface area contributed by atoms with Crippen LogP contribution in [-0.4, -0.2) is 74.8 Å². The van der Waals surface area contributed by atoms with E-state index in [0.717, 1.165) is 0 Å². The van der Waals surface area contributed by atoms with Gasteiger partial charge in [-0.05, 0) is 25.0 Å². The molecule has 0 heterocycles. The van der Waals surface area contributed by atoms with Crippen molar-refractivity contribution in [2.75, 3.05) is 0 Å². The zero-order chi connectivity index (χ0) is 11.6. The number of aryl methyl sites for hydroxylation is 2. The first-order chi connectivity index (χ1) is 6.84. The Bertz CT molecular complexity index is 429. The molecular formula is C9H13Na2O5P. The standard InChI is InChI=1S/C9H11O5P.2Na.2H/c1-6-4-3-5-7(2)8(6)14-15(12,13)9(10)11;;;;/h3-5H,1-2H3,(H,10,11)(H,12,13);;;;. The third kappa shape index (κ3) is 5.45. The molecule has 0 amide bonds. The number of para-hydroxylation sites is 1. The molecule has 0 radical (unpaired) electrons. The van der Waals surface area contributed by atoms with Gasteiger partial charge in [0.25, 0.3) is 0 Å². The van der Waals surface area contributed by atoms with Crippen molar-refractivity contribution in [3.63, 3.8) is 0 Å². The van der Waals surface area contributed by atoms with E-state index in [-0.39, 0.29) is 64.9 Å². The molecule has 1 rings (SSSR count).